The van der Waals surface area contributed by atoms with E-state index in [4.69, 9.17) is 5.73 Å². The maximum absolute atomic E-state index is 5.90. The Kier molecular flexibility index (Phi) is 1.50. The molecule has 0 spiro atoms. The van der Waals surface area contributed by atoms with Crippen molar-refractivity contribution in [3.63, 3.8) is 0 Å². The van der Waals surface area contributed by atoms with Gasteiger partial charge >= 0.3 is 0 Å². The molecule has 0 bridgehead atoms. The van der Waals surface area contributed by atoms with Crippen molar-refractivity contribution in [2.24, 2.45) is 11.7 Å². The molecular formula is C12H15N. The molecule has 3 atom stereocenters. The summed E-state index contributed by atoms with van der Waals surface area (Å²) in [6.07, 6.45) is 3.85. The maximum atomic E-state index is 5.90. The normalized spacial score (nSPS) is 35.9. The predicted molar refractivity (Wildman–Crippen MR) is 53.6 cm³/mol. The van der Waals surface area contributed by atoms with Gasteiger partial charge < -0.3 is 5.73 Å². The second kappa shape index (κ2) is 2.58. The van der Waals surface area contributed by atoms with Crippen LogP contribution in [-0.4, -0.2) is 6.04 Å². The highest BCUT2D eigenvalue weighted by Crippen LogP contribution is 2.48. The number of benzene rings is 1. The summed E-state index contributed by atoms with van der Waals surface area (Å²) in [6, 6.07) is 9.36. The van der Waals surface area contributed by atoms with Gasteiger partial charge in [-0.05, 0) is 42.2 Å². The first kappa shape index (κ1) is 7.57. The van der Waals surface area contributed by atoms with Gasteiger partial charge in [-0.15, -0.1) is 0 Å². The summed E-state index contributed by atoms with van der Waals surface area (Å²) in [7, 11) is 0. The van der Waals surface area contributed by atoms with E-state index in [0.29, 0.717) is 6.04 Å². The summed E-state index contributed by atoms with van der Waals surface area (Å²) in [5, 5.41) is 0. The van der Waals surface area contributed by atoms with Crippen molar-refractivity contribution in [3.05, 3.63) is 35.4 Å². The fraction of sp³-hybridized carbons (Fsp3) is 0.500. The molecule has 3 unspecified atom stereocenters. The molecule has 2 N–H and O–H groups in total. The minimum Gasteiger partial charge on any atom is -0.327 e. The van der Waals surface area contributed by atoms with Crippen molar-refractivity contribution in [1.29, 1.82) is 0 Å². The number of hydrogen-bond acceptors (Lipinski definition) is 1. The summed E-state index contributed by atoms with van der Waals surface area (Å²) in [5.41, 5.74) is 9.05. The molecule has 3 rings (SSSR count). The summed E-state index contributed by atoms with van der Waals surface area (Å²) >= 11 is 0. The van der Waals surface area contributed by atoms with Crippen molar-refractivity contribution in [1.82, 2.24) is 0 Å². The third-order valence-electron chi connectivity index (χ3n) is 3.59. The molecule has 0 aliphatic heterocycles. The summed E-state index contributed by atoms with van der Waals surface area (Å²) in [5.74, 6) is 1.58. The summed E-state index contributed by atoms with van der Waals surface area (Å²) in [4.78, 5) is 0. The van der Waals surface area contributed by atoms with E-state index >= 15 is 0 Å². The van der Waals surface area contributed by atoms with E-state index in [9.17, 15) is 0 Å². The second-order valence-electron chi connectivity index (χ2n) is 4.41. The van der Waals surface area contributed by atoms with E-state index in [1.165, 1.54) is 19.3 Å². The highest BCUT2D eigenvalue weighted by molar-refractivity contribution is 5.36. The molecule has 1 aromatic rings. The van der Waals surface area contributed by atoms with E-state index in [2.05, 4.69) is 24.3 Å². The molecule has 1 aromatic carbocycles. The van der Waals surface area contributed by atoms with Gasteiger partial charge in [-0.25, -0.2) is 0 Å². The van der Waals surface area contributed by atoms with Crippen LogP contribution < -0.4 is 5.73 Å². The van der Waals surface area contributed by atoms with Gasteiger partial charge in [-0.2, -0.15) is 0 Å². The minimum absolute atomic E-state index is 0.496. The first-order valence-corrected chi connectivity index (χ1v) is 5.19. The van der Waals surface area contributed by atoms with Gasteiger partial charge in [0.1, 0.15) is 0 Å². The zero-order valence-electron chi connectivity index (χ0n) is 7.74. The van der Waals surface area contributed by atoms with E-state index < -0.39 is 0 Å². The number of nitrogens with two attached hydrogens (primary N) is 1. The van der Waals surface area contributed by atoms with Crippen LogP contribution in [-0.2, 0) is 6.42 Å². The lowest BCUT2D eigenvalue weighted by Gasteiger charge is -2.09. The predicted octanol–water partition coefficient (Wildman–Crippen LogP) is 2.06. The topological polar surface area (TPSA) is 26.0 Å². The van der Waals surface area contributed by atoms with Crippen LogP contribution in [0.2, 0.25) is 0 Å². The van der Waals surface area contributed by atoms with Gasteiger partial charge in [-0.3, -0.25) is 0 Å². The monoisotopic (exact) mass is 173 g/mol. The Morgan fingerprint density at radius 1 is 1.23 bits per heavy atom. The quantitative estimate of drug-likeness (QED) is 0.691. The van der Waals surface area contributed by atoms with Crippen LogP contribution in [0.1, 0.15) is 29.9 Å². The van der Waals surface area contributed by atoms with Crippen LogP contribution >= 0.6 is 0 Å². The molecule has 1 heteroatoms. The zero-order chi connectivity index (χ0) is 8.84. The number of fused-ring (bicyclic) bond motifs is 1. The van der Waals surface area contributed by atoms with Crippen molar-refractivity contribution < 1.29 is 0 Å². The number of hydrogen-bond donors (Lipinski definition) is 1. The Morgan fingerprint density at radius 3 is 2.77 bits per heavy atom. The van der Waals surface area contributed by atoms with Gasteiger partial charge in [0.15, 0.2) is 0 Å². The zero-order valence-corrected chi connectivity index (χ0v) is 7.74. The molecule has 0 saturated heterocycles. The van der Waals surface area contributed by atoms with Crippen molar-refractivity contribution in [2.75, 3.05) is 0 Å². The van der Waals surface area contributed by atoms with E-state index in [0.717, 1.165) is 11.8 Å². The molecule has 0 aromatic heterocycles. The average molecular weight is 173 g/mol. The lowest BCUT2D eigenvalue weighted by Crippen LogP contribution is -2.07. The second-order valence-corrected chi connectivity index (χ2v) is 4.41. The molecule has 0 amide bonds. The summed E-state index contributed by atoms with van der Waals surface area (Å²) in [6.45, 7) is 0. The van der Waals surface area contributed by atoms with Crippen molar-refractivity contribution in [2.45, 2.75) is 31.2 Å². The molecule has 68 valence electrons. The molecule has 1 fully saturated rings. The van der Waals surface area contributed by atoms with Crippen LogP contribution in [0.25, 0.3) is 0 Å². The average Bonchev–Trinajstić information content (AvgIpc) is 2.74. The lowest BCUT2D eigenvalue weighted by atomic mass is 9.96. The third-order valence-corrected chi connectivity index (χ3v) is 3.59. The minimum atomic E-state index is 0.496. The van der Waals surface area contributed by atoms with Crippen LogP contribution in [0.3, 0.4) is 0 Å². The van der Waals surface area contributed by atoms with Crippen LogP contribution in [0.15, 0.2) is 24.3 Å². The molecule has 13 heavy (non-hydrogen) atoms. The van der Waals surface area contributed by atoms with Gasteiger partial charge in [0.25, 0.3) is 0 Å². The Morgan fingerprint density at radius 2 is 2.00 bits per heavy atom. The van der Waals surface area contributed by atoms with Crippen LogP contribution in [0.4, 0.5) is 0 Å². The van der Waals surface area contributed by atoms with E-state index in [1.807, 2.05) is 0 Å². The molecule has 0 radical (unpaired) electrons. The molecular weight excluding hydrogens is 158 g/mol. The van der Waals surface area contributed by atoms with Crippen molar-refractivity contribution >= 4 is 0 Å². The Bertz CT molecular complexity index is 332. The maximum Gasteiger partial charge on any atom is 0.00770 e. The molecule has 1 nitrogen and oxygen atoms in total. The largest absolute Gasteiger partial charge is 0.327 e. The summed E-state index contributed by atoms with van der Waals surface area (Å²) < 4.78 is 0. The third kappa shape index (κ3) is 1.11. The molecule has 1 saturated carbocycles. The fourth-order valence-corrected chi connectivity index (χ4v) is 2.73. The first-order valence-electron chi connectivity index (χ1n) is 5.19. The fourth-order valence-electron chi connectivity index (χ4n) is 2.73. The number of rotatable bonds is 1. The van der Waals surface area contributed by atoms with Crippen LogP contribution in [0.5, 0.6) is 0 Å². The smallest absolute Gasteiger partial charge is 0.00770 e. The van der Waals surface area contributed by atoms with E-state index in [-0.39, 0.29) is 0 Å². The first-order chi connectivity index (χ1) is 6.36. The Hall–Kier alpha value is -0.820. The standard InChI is InChI=1S/C12H15N/c13-12-7-11(12)10-6-5-8-3-1-2-4-9(8)10/h1-4,10-12H,5-7,13H2. The molecule has 2 aliphatic rings. The van der Waals surface area contributed by atoms with Crippen molar-refractivity contribution in [3.8, 4) is 0 Å². The highest BCUT2D eigenvalue weighted by atomic mass is 14.8. The van der Waals surface area contributed by atoms with E-state index in [1.54, 1.807) is 11.1 Å². The lowest BCUT2D eigenvalue weighted by molar-refractivity contribution is 0.584. The van der Waals surface area contributed by atoms with Gasteiger partial charge in [-0.1, -0.05) is 24.3 Å². The van der Waals surface area contributed by atoms with Gasteiger partial charge in [0.2, 0.25) is 0 Å². The molecule has 2 aliphatic carbocycles. The SMILES string of the molecule is NC1CC1C1CCc2ccccc21. The molecule has 0 heterocycles. The number of aryl methyl sites for hydroxylation is 1. The highest BCUT2D eigenvalue weighted by Gasteiger charge is 2.42. The Labute approximate surface area is 78.9 Å². The van der Waals surface area contributed by atoms with Crippen LogP contribution in [0, 0.1) is 5.92 Å². The van der Waals surface area contributed by atoms with Gasteiger partial charge in [0, 0.05) is 6.04 Å². The van der Waals surface area contributed by atoms with Gasteiger partial charge in [0.05, 0.1) is 0 Å². The Balaban J connectivity index is 1.94.